The molecule has 2 nitrogen and oxygen atoms in total. The molecule has 1 N–H and O–H groups in total. The molecule has 0 bridgehead atoms. The topological polar surface area (TPSA) is 21.3 Å². The van der Waals surface area contributed by atoms with Gasteiger partial charge >= 0.3 is 6.18 Å². The quantitative estimate of drug-likeness (QED) is 0.384. The van der Waals surface area contributed by atoms with Crippen molar-refractivity contribution in [1.29, 1.82) is 0 Å². The average Bonchev–Trinajstić information content (AvgIpc) is 2.65. The van der Waals surface area contributed by atoms with Crippen LogP contribution in [-0.2, 0) is 6.18 Å². The Hall–Kier alpha value is -3.23. The zero-order valence-corrected chi connectivity index (χ0v) is 13.8. The predicted molar refractivity (Wildman–Crippen MR) is 87.5 cm³/mol. The van der Waals surface area contributed by atoms with Gasteiger partial charge in [0.05, 0.1) is 0 Å². The molecule has 28 heavy (non-hydrogen) atoms. The van der Waals surface area contributed by atoms with E-state index in [-0.39, 0.29) is 5.69 Å². The summed E-state index contributed by atoms with van der Waals surface area (Å²) in [5, 5.41) is 2.04. The third-order valence-electron chi connectivity index (χ3n) is 3.65. The third kappa shape index (κ3) is 3.88. The van der Waals surface area contributed by atoms with Crippen molar-refractivity contribution in [3.05, 3.63) is 83.4 Å². The van der Waals surface area contributed by atoms with Crippen LogP contribution in [0.2, 0.25) is 0 Å². The zero-order valence-electron chi connectivity index (χ0n) is 13.8. The van der Waals surface area contributed by atoms with E-state index in [9.17, 15) is 30.7 Å². The minimum atomic E-state index is -5.59. The van der Waals surface area contributed by atoms with Crippen molar-refractivity contribution in [2.45, 2.75) is 6.18 Å². The molecule has 0 heterocycles. The van der Waals surface area contributed by atoms with Gasteiger partial charge in [0.15, 0.2) is 23.3 Å². The van der Waals surface area contributed by atoms with Crippen molar-refractivity contribution in [2.24, 2.45) is 0 Å². The summed E-state index contributed by atoms with van der Waals surface area (Å²) in [5.74, 6) is -8.56. The molecule has 3 aromatic rings. The van der Waals surface area contributed by atoms with E-state index < -0.39 is 40.7 Å². The van der Waals surface area contributed by atoms with E-state index >= 15 is 0 Å². The van der Waals surface area contributed by atoms with Gasteiger partial charge in [-0.1, -0.05) is 18.2 Å². The van der Waals surface area contributed by atoms with Crippen molar-refractivity contribution in [3.8, 4) is 11.5 Å². The van der Waals surface area contributed by atoms with Crippen LogP contribution in [0.4, 0.5) is 42.1 Å². The lowest BCUT2D eigenvalue weighted by molar-refractivity contribution is -0.143. The maximum absolute atomic E-state index is 13.9. The van der Waals surface area contributed by atoms with Crippen molar-refractivity contribution in [3.63, 3.8) is 0 Å². The molecule has 0 atom stereocenters. The van der Waals surface area contributed by atoms with Gasteiger partial charge < -0.3 is 10.1 Å². The van der Waals surface area contributed by atoms with Crippen LogP contribution in [0.3, 0.4) is 0 Å². The maximum atomic E-state index is 13.9. The lowest BCUT2D eigenvalue weighted by Gasteiger charge is -2.15. The first-order valence-corrected chi connectivity index (χ1v) is 7.71. The van der Waals surface area contributed by atoms with Crippen LogP contribution in [0.1, 0.15) is 5.56 Å². The number of benzene rings is 3. The summed E-state index contributed by atoms with van der Waals surface area (Å²) in [5.41, 5.74) is -4.03. The molecule has 9 heteroatoms. The summed E-state index contributed by atoms with van der Waals surface area (Å²) >= 11 is 0. The van der Waals surface area contributed by atoms with Crippen LogP contribution >= 0.6 is 0 Å². The Kier molecular flexibility index (Phi) is 5.17. The smallest absolute Gasteiger partial charge is 0.422 e. The maximum Gasteiger partial charge on any atom is 0.422 e. The summed E-state index contributed by atoms with van der Waals surface area (Å²) in [4.78, 5) is 0. The standard InChI is InChI=1S/C19H10F7NO/c20-14-13(19(24,25)26)15(21)17(23)18(16(14)22)27-10-6-8-12(9-7-10)28-11-4-2-1-3-5-11/h1-9,27H. The normalized spacial score (nSPS) is 11.4. The molecular weight excluding hydrogens is 391 g/mol. The average molecular weight is 401 g/mol. The van der Waals surface area contributed by atoms with E-state index in [1.807, 2.05) is 5.32 Å². The number of alkyl halides is 3. The van der Waals surface area contributed by atoms with Crippen molar-refractivity contribution >= 4 is 11.4 Å². The molecule has 0 radical (unpaired) electrons. The van der Waals surface area contributed by atoms with E-state index in [0.717, 1.165) is 0 Å². The number of hydrogen-bond acceptors (Lipinski definition) is 2. The second-order valence-electron chi connectivity index (χ2n) is 5.57. The van der Waals surface area contributed by atoms with Gasteiger partial charge in [-0.3, -0.25) is 0 Å². The Bertz CT molecular complexity index is 957. The van der Waals surface area contributed by atoms with E-state index in [2.05, 4.69) is 0 Å². The van der Waals surface area contributed by atoms with E-state index in [1.54, 1.807) is 30.3 Å². The zero-order chi connectivity index (χ0) is 20.5. The largest absolute Gasteiger partial charge is 0.457 e. The van der Waals surface area contributed by atoms with Gasteiger partial charge in [-0.2, -0.15) is 13.2 Å². The molecule has 3 rings (SSSR count). The van der Waals surface area contributed by atoms with Gasteiger partial charge in [0.25, 0.3) is 0 Å². The van der Waals surface area contributed by atoms with Crippen LogP contribution in [-0.4, -0.2) is 0 Å². The van der Waals surface area contributed by atoms with Crippen molar-refractivity contribution < 1.29 is 35.5 Å². The summed E-state index contributed by atoms with van der Waals surface area (Å²) < 4.78 is 98.4. The fourth-order valence-corrected chi connectivity index (χ4v) is 2.37. The van der Waals surface area contributed by atoms with Gasteiger partial charge in [0.2, 0.25) is 0 Å². The molecular formula is C19H10F7NO. The van der Waals surface area contributed by atoms with Crippen molar-refractivity contribution in [2.75, 3.05) is 5.32 Å². The molecule has 0 amide bonds. The van der Waals surface area contributed by atoms with E-state index in [1.165, 1.54) is 24.3 Å². The molecule has 3 aromatic carbocycles. The summed E-state index contributed by atoms with van der Waals surface area (Å²) in [6.45, 7) is 0. The van der Waals surface area contributed by atoms with Gasteiger partial charge in [-0.25, -0.2) is 17.6 Å². The second-order valence-corrected chi connectivity index (χ2v) is 5.57. The highest BCUT2D eigenvalue weighted by molar-refractivity contribution is 5.63. The highest BCUT2D eigenvalue weighted by Crippen LogP contribution is 2.39. The molecule has 0 aliphatic carbocycles. The monoisotopic (exact) mass is 401 g/mol. The van der Waals surface area contributed by atoms with Crippen LogP contribution in [0.5, 0.6) is 11.5 Å². The molecule has 0 spiro atoms. The Morgan fingerprint density at radius 2 is 1.14 bits per heavy atom. The molecule has 0 saturated carbocycles. The molecule has 0 aliphatic rings. The number of rotatable bonds is 4. The van der Waals surface area contributed by atoms with Crippen LogP contribution < -0.4 is 10.1 Å². The molecule has 0 aromatic heterocycles. The predicted octanol–water partition coefficient (Wildman–Crippen LogP) is 6.80. The van der Waals surface area contributed by atoms with Gasteiger partial charge in [-0.15, -0.1) is 0 Å². The Balaban J connectivity index is 1.88. The molecule has 0 unspecified atom stereocenters. The van der Waals surface area contributed by atoms with Crippen LogP contribution in [0, 0.1) is 23.3 Å². The number of hydrogen-bond donors (Lipinski definition) is 1. The van der Waals surface area contributed by atoms with Crippen LogP contribution in [0.15, 0.2) is 54.6 Å². The molecule has 0 saturated heterocycles. The Morgan fingerprint density at radius 3 is 1.64 bits per heavy atom. The third-order valence-corrected chi connectivity index (χ3v) is 3.65. The molecule has 0 fully saturated rings. The van der Waals surface area contributed by atoms with Gasteiger partial charge in [-0.05, 0) is 36.4 Å². The SMILES string of the molecule is Fc1c(F)c(C(F)(F)F)c(F)c(F)c1Nc1ccc(Oc2ccccc2)cc1. The Labute approximate surface area is 154 Å². The fourth-order valence-electron chi connectivity index (χ4n) is 2.37. The minimum Gasteiger partial charge on any atom is -0.457 e. The first-order valence-electron chi connectivity index (χ1n) is 7.71. The minimum absolute atomic E-state index is 0.0308. The number of halogens is 7. The molecule has 146 valence electrons. The number of para-hydroxylation sites is 1. The lowest BCUT2D eigenvalue weighted by atomic mass is 10.1. The van der Waals surface area contributed by atoms with E-state index in [0.29, 0.717) is 11.5 Å². The highest BCUT2D eigenvalue weighted by Gasteiger charge is 2.42. The fraction of sp³-hybridized carbons (Fsp3) is 0.0526. The van der Waals surface area contributed by atoms with Gasteiger partial charge in [0.1, 0.15) is 22.7 Å². The van der Waals surface area contributed by atoms with E-state index in [4.69, 9.17) is 4.74 Å². The lowest BCUT2D eigenvalue weighted by Crippen LogP contribution is -2.16. The summed E-state index contributed by atoms with van der Waals surface area (Å²) in [6, 6.07) is 14.0. The van der Waals surface area contributed by atoms with Crippen molar-refractivity contribution in [1.82, 2.24) is 0 Å². The number of ether oxygens (including phenoxy) is 1. The first-order chi connectivity index (χ1) is 13.2. The van der Waals surface area contributed by atoms with Gasteiger partial charge in [0, 0.05) is 5.69 Å². The first kappa shape index (κ1) is 19.5. The summed E-state index contributed by atoms with van der Waals surface area (Å²) in [6.07, 6.45) is -5.59. The Morgan fingerprint density at radius 1 is 0.643 bits per heavy atom. The van der Waals surface area contributed by atoms with Crippen LogP contribution in [0.25, 0.3) is 0 Å². The highest BCUT2D eigenvalue weighted by atomic mass is 19.4. The summed E-state index contributed by atoms with van der Waals surface area (Å²) in [7, 11) is 0. The molecule has 0 aliphatic heterocycles. The second kappa shape index (κ2) is 7.41. The number of anilines is 2. The number of nitrogens with one attached hydrogen (secondary N) is 1.